The van der Waals surface area contributed by atoms with Crippen molar-refractivity contribution < 1.29 is 19.0 Å². The molecule has 0 aromatic heterocycles. The van der Waals surface area contributed by atoms with Crippen LogP contribution in [0.15, 0.2) is 42.5 Å². The minimum Gasteiger partial charge on any atom is -0.496 e. The van der Waals surface area contributed by atoms with Crippen LogP contribution >= 0.6 is 12.4 Å². The van der Waals surface area contributed by atoms with Gasteiger partial charge < -0.3 is 24.8 Å². The molecule has 0 radical (unpaired) electrons. The van der Waals surface area contributed by atoms with Gasteiger partial charge in [-0.05, 0) is 83.4 Å². The first-order valence-electron chi connectivity index (χ1n) is 11.4. The fourth-order valence-electron chi connectivity index (χ4n) is 3.63. The van der Waals surface area contributed by atoms with Crippen molar-refractivity contribution in [3.8, 4) is 17.2 Å². The molecular formula is C26H38ClN3O4. The van der Waals surface area contributed by atoms with Crippen LogP contribution in [0.2, 0.25) is 0 Å². The van der Waals surface area contributed by atoms with E-state index in [4.69, 9.17) is 25.4 Å². The lowest BCUT2D eigenvalue weighted by molar-refractivity contribution is 0.0640. The largest absolute Gasteiger partial charge is 0.496 e. The third-order valence-electron chi connectivity index (χ3n) is 5.24. The number of ether oxygens (including phenoxy) is 3. The van der Waals surface area contributed by atoms with Gasteiger partial charge in [-0.25, -0.2) is 0 Å². The molecule has 1 amide bonds. The van der Waals surface area contributed by atoms with Gasteiger partial charge in [-0.3, -0.25) is 10.2 Å². The molecule has 8 heteroatoms. The van der Waals surface area contributed by atoms with E-state index in [0.717, 1.165) is 25.0 Å². The lowest BCUT2D eigenvalue weighted by Gasteiger charge is -2.31. The van der Waals surface area contributed by atoms with Gasteiger partial charge in [-0.15, -0.1) is 12.4 Å². The molecule has 2 rings (SSSR count). The number of nitrogens with two attached hydrogens (primary N) is 1. The first-order valence-corrected chi connectivity index (χ1v) is 11.4. The third-order valence-corrected chi connectivity index (χ3v) is 5.24. The van der Waals surface area contributed by atoms with Gasteiger partial charge in [-0.2, -0.15) is 0 Å². The quantitative estimate of drug-likeness (QED) is 0.225. The van der Waals surface area contributed by atoms with Gasteiger partial charge in [0.1, 0.15) is 23.1 Å². The number of nitrogens with zero attached hydrogens (tertiary/aromatic N) is 1. The zero-order chi connectivity index (χ0) is 24.4. The first-order chi connectivity index (χ1) is 15.7. The number of nitrogens with one attached hydrogen (secondary N) is 1. The monoisotopic (exact) mass is 491 g/mol. The maximum absolute atomic E-state index is 13.0. The number of nitrogen functional groups attached to an aromatic ring is 1. The normalized spacial score (nSPS) is 10.6. The topological polar surface area (TPSA) is 97.9 Å². The number of amides is 1. The molecule has 0 aliphatic heterocycles. The number of rotatable bonds is 13. The fraction of sp³-hybridized carbons (Fsp3) is 0.462. The van der Waals surface area contributed by atoms with Crippen LogP contribution in [-0.4, -0.2) is 49.0 Å². The summed E-state index contributed by atoms with van der Waals surface area (Å²) in [5.74, 6) is 1.98. The Morgan fingerprint density at radius 1 is 0.912 bits per heavy atom. The summed E-state index contributed by atoms with van der Waals surface area (Å²) in [5.41, 5.74) is 6.68. The van der Waals surface area contributed by atoms with Crippen molar-refractivity contribution in [3.05, 3.63) is 53.6 Å². The highest BCUT2D eigenvalue weighted by molar-refractivity contribution is 5.97. The molecule has 0 fully saturated rings. The summed E-state index contributed by atoms with van der Waals surface area (Å²) in [7, 11) is 1.57. The number of hydrogen-bond acceptors (Lipinski definition) is 5. The van der Waals surface area contributed by atoms with Crippen molar-refractivity contribution in [2.24, 2.45) is 5.73 Å². The molecule has 34 heavy (non-hydrogen) atoms. The van der Waals surface area contributed by atoms with Crippen molar-refractivity contribution in [3.63, 3.8) is 0 Å². The second-order valence-corrected chi connectivity index (χ2v) is 8.46. The number of halogens is 1. The van der Waals surface area contributed by atoms with Crippen LogP contribution < -0.4 is 19.9 Å². The van der Waals surface area contributed by atoms with Crippen molar-refractivity contribution >= 4 is 24.1 Å². The molecular weight excluding hydrogens is 454 g/mol. The summed E-state index contributed by atoms with van der Waals surface area (Å²) in [6.07, 6.45) is 2.77. The minimum absolute atomic E-state index is 0. The molecule has 0 unspecified atom stereocenters. The zero-order valence-electron chi connectivity index (χ0n) is 20.8. The van der Waals surface area contributed by atoms with Gasteiger partial charge in [0.2, 0.25) is 0 Å². The Morgan fingerprint density at radius 2 is 1.44 bits per heavy atom. The summed E-state index contributed by atoms with van der Waals surface area (Å²) < 4.78 is 17.1. The highest BCUT2D eigenvalue weighted by Crippen LogP contribution is 2.27. The van der Waals surface area contributed by atoms with E-state index >= 15 is 0 Å². The van der Waals surface area contributed by atoms with Crippen molar-refractivity contribution in [2.75, 3.05) is 20.3 Å². The van der Waals surface area contributed by atoms with E-state index in [2.05, 4.69) is 0 Å². The van der Waals surface area contributed by atoms with E-state index < -0.39 is 0 Å². The summed E-state index contributed by atoms with van der Waals surface area (Å²) in [6.45, 7) is 9.24. The Bertz CT molecular complexity index is 909. The van der Waals surface area contributed by atoms with Crippen LogP contribution in [0.25, 0.3) is 0 Å². The number of unbranched alkanes of at least 4 members (excludes halogenated alkanes) is 2. The average Bonchev–Trinajstić information content (AvgIpc) is 2.78. The summed E-state index contributed by atoms with van der Waals surface area (Å²) in [5, 5.41) is 7.40. The molecule has 0 aliphatic rings. The highest BCUT2D eigenvalue weighted by Gasteiger charge is 2.24. The van der Waals surface area contributed by atoms with E-state index in [1.807, 2.05) is 50.8 Å². The van der Waals surface area contributed by atoms with Gasteiger partial charge in [0, 0.05) is 23.7 Å². The first kappa shape index (κ1) is 29.1. The number of methoxy groups -OCH3 is 1. The predicted molar refractivity (Wildman–Crippen MR) is 139 cm³/mol. The van der Waals surface area contributed by atoms with E-state index in [1.54, 1.807) is 31.4 Å². The Labute approximate surface area is 209 Å². The molecule has 0 heterocycles. The Hall–Kier alpha value is -2.93. The molecule has 0 spiro atoms. The van der Waals surface area contributed by atoms with E-state index in [9.17, 15) is 4.79 Å². The van der Waals surface area contributed by atoms with Crippen molar-refractivity contribution in [1.29, 1.82) is 5.41 Å². The Morgan fingerprint density at radius 3 is 1.94 bits per heavy atom. The van der Waals surface area contributed by atoms with Gasteiger partial charge >= 0.3 is 0 Å². The minimum atomic E-state index is -0.0423. The van der Waals surface area contributed by atoms with Gasteiger partial charge in [0.25, 0.3) is 5.91 Å². The Balaban J connectivity index is 0.00000578. The standard InChI is InChI=1S/C26H37N3O4.ClH/c1-18(2)29(19(3)4)26(30)23-14-13-22(17-24(23)31-5)33-16-8-6-7-15-32-21-11-9-20(10-12-21)25(27)28;/h9-14,17-19H,6-8,15-16H2,1-5H3,(H3,27,28);1H. The third kappa shape index (κ3) is 8.45. The van der Waals surface area contributed by atoms with E-state index in [1.165, 1.54) is 0 Å². The molecule has 0 atom stereocenters. The van der Waals surface area contributed by atoms with Crippen LogP contribution in [0, 0.1) is 5.41 Å². The molecule has 0 aliphatic carbocycles. The predicted octanol–water partition coefficient (Wildman–Crippen LogP) is 5.29. The smallest absolute Gasteiger partial charge is 0.258 e. The lowest BCUT2D eigenvalue weighted by Crippen LogP contribution is -2.42. The molecule has 3 N–H and O–H groups in total. The maximum atomic E-state index is 13.0. The number of amidine groups is 1. The van der Waals surface area contributed by atoms with E-state index in [-0.39, 0.29) is 36.2 Å². The Kier molecular flexibility index (Phi) is 12.3. The second-order valence-electron chi connectivity index (χ2n) is 8.46. The number of carbonyl (C=O) groups excluding carboxylic acids is 1. The van der Waals surface area contributed by atoms with Crippen molar-refractivity contribution in [1.82, 2.24) is 4.90 Å². The SMILES string of the molecule is COc1cc(OCCCCCOc2ccc(C(=N)N)cc2)ccc1C(=O)N(C(C)C)C(C)C.Cl. The van der Waals surface area contributed by atoms with Crippen LogP contribution in [0.1, 0.15) is 62.9 Å². The number of benzene rings is 2. The summed E-state index contributed by atoms with van der Waals surface area (Å²) in [4.78, 5) is 14.9. The molecule has 7 nitrogen and oxygen atoms in total. The maximum Gasteiger partial charge on any atom is 0.258 e. The van der Waals surface area contributed by atoms with E-state index in [0.29, 0.717) is 35.8 Å². The lowest BCUT2D eigenvalue weighted by atomic mass is 10.1. The fourth-order valence-corrected chi connectivity index (χ4v) is 3.63. The zero-order valence-corrected chi connectivity index (χ0v) is 21.6. The van der Waals surface area contributed by atoms with Crippen LogP contribution in [0.4, 0.5) is 0 Å². The molecule has 0 saturated heterocycles. The van der Waals surface area contributed by atoms with Crippen LogP contribution in [0.3, 0.4) is 0 Å². The van der Waals surface area contributed by atoms with Crippen LogP contribution in [0.5, 0.6) is 17.2 Å². The average molecular weight is 492 g/mol. The van der Waals surface area contributed by atoms with Gasteiger partial charge in [0.05, 0.1) is 25.9 Å². The van der Waals surface area contributed by atoms with Gasteiger partial charge in [-0.1, -0.05) is 0 Å². The second kappa shape index (κ2) is 14.4. The molecule has 188 valence electrons. The van der Waals surface area contributed by atoms with Crippen molar-refractivity contribution in [2.45, 2.75) is 59.0 Å². The molecule has 2 aromatic rings. The molecule has 0 saturated carbocycles. The summed E-state index contributed by atoms with van der Waals surface area (Å²) in [6, 6.07) is 12.8. The highest BCUT2D eigenvalue weighted by atomic mass is 35.5. The van der Waals surface area contributed by atoms with Gasteiger partial charge in [0.15, 0.2) is 0 Å². The molecule has 2 aromatic carbocycles. The van der Waals surface area contributed by atoms with Crippen LogP contribution in [-0.2, 0) is 0 Å². The summed E-state index contributed by atoms with van der Waals surface area (Å²) >= 11 is 0. The molecule has 0 bridgehead atoms. The number of hydrogen-bond donors (Lipinski definition) is 2. The number of carbonyl (C=O) groups is 1.